The van der Waals surface area contributed by atoms with Crippen LogP contribution in [0.3, 0.4) is 0 Å². The second kappa shape index (κ2) is 7.26. The monoisotopic (exact) mass is 363 g/mol. The van der Waals surface area contributed by atoms with Gasteiger partial charge in [-0.05, 0) is 37.5 Å². The number of anilines is 1. The number of nitrogens with zero attached hydrogens (tertiary/aromatic N) is 3. The van der Waals surface area contributed by atoms with E-state index in [1.54, 1.807) is 14.2 Å². The second-order valence-electron chi connectivity index (χ2n) is 6.78. The lowest BCUT2D eigenvalue weighted by molar-refractivity contribution is 0.247. The lowest BCUT2D eigenvalue weighted by atomic mass is 10.1. The maximum Gasteiger partial charge on any atom is 0.162 e. The lowest BCUT2D eigenvalue weighted by Crippen LogP contribution is -2.47. The maximum absolute atomic E-state index is 5.42. The molecule has 0 N–H and O–H groups in total. The van der Waals surface area contributed by atoms with E-state index in [9.17, 15) is 0 Å². The third-order valence-electron chi connectivity index (χ3n) is 5.16. The first kappa shape index (κ1) is 18.1. The van der Waals surface area contributed by atoms with Gasteiger partial charge in [-0.1, -0.05) is 0 Å². The summed E-state index contributed by atoms with van der Waals surface area (Å²) < 4.78 is 10.8. The van der Waals surface area contributed by atoms with E-state index in [0.717, 1.165) is 60.4 Å². The van der Waals surface area contributed by atoms with Crippen LogP contribution in [0.2, 0.25) is 0 Å². The van der Waals surface area contributed by atoms with Crippen LogP contribution in [-0.2, 0) is 0 Å². The first-order valence-corrected chi connectivity index (χ1v) is 8.72. The van der Waals surface area contributed by atoms with E-state index >= 15 is 0 Å². The van der Waals surface area contributed by atoms with Crippen molar-refractivity contribution in [1.29, 1.82) is 0 Å². The van der Waals surface area contributed by atoms with Crippen molar-refractivity contribution < 1.29 is 9.47 Å². The van der Waals surface area contributed by atoms with Crippen LogP contribution in [0.5, 0.6) is 11.5 Å². The van der Waals surface area contributed by atoms with Crippen LogP contribution in [-0.4, -0.2) is 56.3 Å². The molecule has 0 unspecified atom stereocenters. The summed E-state index contributed by atoms with van der Waals surface area (Å²) in [7, 11) is 3.33. The normalized spacial score (nSPS) is 18.1. The number of pyridine rings is 1. The topological polar surface area (TPSA) is 37.8 Å². The Morgan fingerprint density at radius 3 is 2.20 bits per heavy atom. The zero-order chi connectivity index (χ0) is 16.7. The van der Waals surface area contributed by atoms with Crippen molar-refractivity contribution in [2.75, 3.05) is 45.3 Å². The van der Waals surface area contributed by atoms with Crippen molar-refractivity contribution >= 4 is 29.1 Å². The third kappa shape index (κ3) is 3.48. The average molecular weight is 364 g/mol. The highest BCUT2D eigenvalue weighted by Crippen LogP contribution is 2.34. The molecule has 2 aliphatic rings. The number of piperazine rings is 1. The van der Waals surface area contributed by atoms with E-state index in [1.165, 1.54) is 18.4 Å². The fourth-order valence-electron chi connectivity index (χ4n) is 3.66. The first-order chi connectivity index (χ1) is 11.7. The summed E-state index contributed by atoms with van der Waals surface area (Å²) in [5.74, 6) is 2.58. The van der Waals surface area contributed by atoms with E-state index in [-0.39, 0.29) is 12.4 Å². The minimum atomic E-state index is 0. The number of fused-ring (bicyclic) bond motifs is 1. The van der Waals surface area contributed by atoms with Crippen LogP contribution in [0.25, 0.3) is 10.9 Å². The number of ether oxygens (including phenoxy) is 2. The minimum Gasteiger partial charge on any atom is -0.493 e. The summed E-state index contributed by atoms with van der Waals surface area (Å²) in [5, 5.41) is 1.09. The zero-order valence-electron chi connectivity index (χ0n) is 15.1. The molecule has 136 valence electrons. The molecule has 0 bridgehead atoms. The van der Waals surface area contributed by atoms with Gasteiger partial charge in [0.1, 0.15) is 5.82 Å². The molecule has 2 heterocycles. The Morgan fingerprint density at radius 1 is 0.960 bits per heavy atom. The molecule has 1 aliphatic heterocycles. The van der Waals surface area contributed by atoms with Gasteiger partial charge in [-0.15, -0.1) is 12.4 Å². The molecular formula is C19H26ClN3O2. The minimum absolute atomic E-state index is 0. The highest BCUT2D eigenvalue weighted by atomic mass is 35.5. The summed E-state index contributed by atoms with van der Waals surface area (Å²) >= 11 is 0. The SMILES string of the molecule is COc1cc2cc(C)c(N3CCN(C4CC4)CC3)nc2cc1OC.Cl. The molecule has 0 spiro atoms. The van der Waals surface area contributed by atoms with Crippen LogP contribution >= 0.6 is 12.4 Å². The molecule has 1 aromatic carbocycles. The third-order valence-corrected chi connectivity index (χ3v) is 5.16. The molecule has 6 heteroatoms. The van der Waals surface area contributed by atoms with Gasteiger partial charge in [0.05, 0.1) is 19.7 Å². The molecule has 25 heavy (non-hydrogen) atoms. The van der Waals surface area contributed by atoms with Crippen molar-refractivity contribution in [1.82, 2.24) is 9.88 Å². The fourth-order valence-corrected chi connectivity index (χ4v) is 3.66. The van der Waals surface area contributed by atoms with Gasteiger partial charge in [-0.2, -0.15) is 0 Å². The molecule has 0 amide bonds. The Hall–Kier alpha value is -1.72. The summed E-state index contributed by atoms with van der Waals surface area (Å²) in [6.45, 7) is 6.56. The van der Waals surface area contributed by atoms with Gasteiger partial charge in [0.15, 0.2) is 11.5 Å². The first-order valence-electron chi connectivity index (χ1n) is 8.72. The average Bonchev–Trinajstić information content (AvgIpc) is 3.45. The van der Waals surface area contributed by atoms with Crippen LogP contribution in [0.1, 0.15) is 18.4 Å². The summed E-state index contributed by atoms with van der Waals surface area (Å²) in [6, 6.07) is 7.03. The number of aromatic nitrogens is 1. The molecule has 2 aromatic rings. The standard InChI is InChI=1S/C19H25N3O2.ClH/c1-13-10-14-11-17(23-2)18(24-3)12-16(14)20-19(13)22-8-6-21(7-9-22)15-4-5-15;/h10-12,15H,4-9H2,1-3H3;1H. The molecule has 1 aromatic heterocycles. The number of methoxy groups -OCH3 is 2. The highest BCUT2D eigenvalue weighted by Gasteiger charge is 2.31. The molecule has 1 saturated heterocycles. The van der Waals surface area contributed by atoms with E-state index in [2.05, 4.69) is 22.8 Å². The van der Waals surface area contributed by atoms with Crippen molar-refractivity contribution in [3.8, 4) is 11.5 Å². The molecule has 0 radical (unpaired) electrons. The maximum atomic E-state index is 5.42. The Bertz CT molecular complexity index is 756. The van der Waals surface area contributed by atoms with Gasteiger partial charge >= 0.3 is 0 Å². The fraction of sp³-hybridized carbons (Fsp3) is 0.526. The number of halogens is 1. The number of hydrogen-bond acceptors (Lipinski definition) is 5. The summed E-state index contributed by atoms with van der Waals surface area (Å²) in [4.78, 5) is 9.99. The smallest absolute Gasteiger partial charge is 0.162 e. The Kier molecular flexibility index (Phi) is 5.25. The predicted octanol–water partition coefficient (Wildman–Crippen LogP) is 3.27. The van der Waals surface area contributed by atoms with Gasteiger partial charge < -0.3 is 14.4 Å². The van der Waals surface area contributed by atoms with E-state index < -0.39 is 0 Å². The van der Waals surface area contributed by atoms with Crippen molar-refractivity contribution in [2.45, 2.75) is 25.8 Å². The van der Waals surface area contributed by atoms with Crippen molar-refractivity contribution in [3.63, 3.8) is 0 Å². The van der Waals surface area contributed by atoms with E-state index in [4.69, 9.17) is 14.5 Å². The second-order valence-corrected chi connectivity index (χ2v) is 6.78. The van der Waals surface area contributed by atoms with E-state index in [0.29, 0.717) is 0 Å². The number of hydrogen-bond donors (Lipinski definition) is 0. The molecular weight excluding hydrogens is 338 g/mol. The number of benzene rings is 1. The Morgan fingerprint density at radius 2 is 1.60 bits per heavy atom. The zero-order valence-corrected chi connectivity index (χ0v) is 15.9. The number of rotatable bonds is 4. The van der Waals surface area contributed by atoms with Gasteiger partial charge in [0.25, 0.3) is 0 Å². The van der Waals surface area contributed by atoms with Crippen molar-refractivity contribution in [2.24, 2.45) is 0 Å². The number of aryl methyl sites for hydroxylation is 1. The van der Waals surface area contributed by atoms with Crippen LogP contribution < -0.4 is 14.4 Å². The van der Waals surface area contributed by atoms with Gasteiger partial charge in [0.2, 0.25) is 0 Å². The summed E-state index contributed by atoms with van der Waals surface area (Å²) in [6.07, 6.45) is 2.77. The molecule has 0 atom stereocenters. The van der Waals surface area contributed by atoms with Gasteiger partial charge in [-0.25, -0.2) is 4.98 Å². The Balaban J connectivity index is 0.00000182. The predicted molar refractivity (Wildman–Crippen MR) is 104 cm³/mol. The lowest BCUT2D eigenvalue weighted by Gasteiger charge is -2.36. The molecule has 4 rings (SSSR count). The quantitative estimate of drug-likeness (QED) is 0.833. The van der Waals surface area contributed by atoms with Gasteiger partial charge in [-0.3, -0.25) is 4.90 Å². The molecule has 1 aliphatic carbocycles. The largest absolute Gasteiger partial charge is 0.493 e. The Labute approximate surface area is 155 Å². The van der Waals surface area contributed by atoms with E-state index in [1.807, 2.05) is 12.1 Å². The van der Waals surface area contributed by atoms with Crippen molar-refractivity contribution in [3.05, 3.63) is 23.8 Å². The highest BCUT2D eigenvalue weighted by molar-refractivity contribution is 5.86. The van der Waals surface area contributed by atoms with Crippen LogP contribution in [0.15, 0.2) is 18.2 Å². The van der Waals surface area contributed by atoms with Crippen LogP contribution in [0.4, 0.5) is 5.82 Å². The molecule has 2 fully saturated rings. The molecule has 1 saturated carbocycles. The summed E-state index contributed by atoms with van der Waals surface area (Å²) in [5.41, 5.74) is 2.17. The molecule has 5 nitrogen and oxygen atoms in total. The van der Waals surface area contributed by atoms with Gasteiger partial charge in [0, 0.05) is 43.7 Å². The van der Waals surface area contributed by atoms with Crippen LogP contribution in [0, 0.1) is 6.92 Å².